The highest BCUT2D eigenvalue weighted by molar-refractivity contribution is 5.87. The molecule has 0 saturated heterocycles. The summed E-state index contributed by atoms with van der Waals surface area (Å²) >= 11 is 0. The summed E-state index contributed by atoms with van der Waals surface area (Å²) in [6.07, 6.45) is 0.148. The molecule has 0 fully saturated rings. The minimum Gasteiger partial charge on any atom is -0.399 e. The summed E-state index contributed by atoms with van der Waals surface area (Å²) in [5.74, 6) is -0.377. The van der Waals surface area contributed by atoms with Crippen LogP contribution in [0.4, 0.5) is 5.69 Å². The lowest BCUT2D eigenvalue weighted by Crippen LogP contribution is -2.14. The van der Waals surface area contributed by atoms with Crippen LogP contribution in [0.15, 0.2) is 48.5 Å². The molecule has 0 aliphatic carbocycles. The summed E-state index contributed by atoms with van der Waals surface area (Å²) in [6, 6.07) is 15.5. The Morgan fingerprint density at radius 3 is 2.52 bits per heavy atom. The fourth-order valence-corrected chi connectivity index (χ4v) is 2.41. The molecule has 3 aromatic rings. The summed E-state index contributed by atoms with van der Waals surface area (Å²) in [6.45, 7) is 0.625. The Morgan fingerprint density at radius 1 is 1.10 bits per heavy atom. The van der Waals surface area contributed by atoms with Gasteiger partial charge in [-0.2, -0.15) is 5.10 Å². The zero-order valence-corrected chi connectivity index (χ0v) is 11.5. The molecule has 2 aromatic carbocycles. The lowest BCUT2D eigenvalue weighted by Gasteiger charge is -2.04. The van der Waals surface area contributed by atoms with E-state index in [-0.39, 0.29) is 12.3 Å². The molecule has 5 nitrogen and oxygen atoms in total. The number of benzene rings is 2. The zero-order valence-electron chi connectivity index (χ0n) is 11.5. The molecule has 4 N–H and O–H groups in total. The van der Waals surface area contributed by atoms with Crippen molar-refractivity contribution in [2.45, 2.75) is 13.0 Å². The molecular formula is C16H16N4O. The fraction of sp³-hybridized carbons (Fsp3) is 0.125. The van der Waals surface area contributed by atoms with Crippen LogP contribution >= 0.6 is 0 Å². The van der Waals surface area contributed by atoms with Gasteiger partial charge in [0.15, 0.2) is 0 Å². The van der Waals surface area contributed by atoms with Crippen molar-refractivity contribution in [1.82, 2.24) is 9.78 Å². The van der Waals surface area contributed by atoms with E-state index in [1.807, 2.05) is 53.2 Å². The van der Waals surface area contributed by atoms with E-state index in [9.17, 15) is 4.79 Å². The molecule has 0 bridgehead atoms. The topological polar surface area (TPSA) is 86.9 Å². The van der Waals surface area contributed by atoms with Gasteiger partial charge in [-0.15, -0.1) is 0 Å². The van der Waals surface area contributed by atoms with E-state index in [0.29, 0.717) is 12.2 Å². The van der Waals surface area contributed by atoms with Crippen LogP contribution in [0.25, 0.3) is 10.9 Å². The SMILES string of the molecule is NC(=O)Cc1nn(Cc2ccc(N)cc2)c2ccccc12. The van der Waals surface area contributed by atoms with Gasteiger partial charge < -0.3 is 11.5 Å². The normalized spacial score (nSPS) is 10.9. The number of carbonyl (C=O) groups excluding carboxylic acids is 1. The Bertz CT molecular complexity index is 790. The lowest BCUT2D eigenvalue weighted by atomic mass is 10.1. The number of fused-ring (bicyclic) bond motifs is 1. The molecule has 0 unspecified atom stereocenters. The molecular weight excluding hydrogens is 264 g/mol. The van der Waals surface area contributed by atoms with Gasteiger partial charge in [-0.05, 0) is 23.8 Å². The minimum absolute atomic E-state index is 0.148. The number of nitrogens with zero attached hydrogens (tertiary/aromatic N) is 2. The molecule has 1 amide bonds. The number of hydrogen-bond acceptors (Lipinski definition) is 3. The number of aromatic nitrogens is 2. The molecule has 5 heteroatoms. The van der Waals surface area contributed by atoms with Gasteiger partial charge in [0, 0.05) is 11.1 Å². The number of anilines is 1. The van der Waals surface area contributed by atoms with E-state index >= 15 is 0 Å². The van der Waals surface area contributed by atoms with E-state index in [1.165, 1.54) is 0 Å². The van der Waals surface area contributed by atoms with Gasteiger partial charge in [-0.1, -0.05) is 30.3 Å². The van der Waals surface area contributed by atoms with Gasteiger partial charge in [0.1, 0.15) is 0 Å². The van der Waals surface area contributed by atoms with Crippen LogP contribution in [-0.4, -0.2) is 15.7 Å². The largest absolute Gasteiger partial charge is 0.399 e. The second-order valence-corrected chi connectivity index (χ2v) is 5.01. The van der Waals surface area contributed by atoms with Crippen molar-refractivity contribution < 1.29 is 4.79 Å². The second-order valence-electron chi connectivity index (χ2n) is 5.01. The van der Waals surface area contributed by atoms with Crippen LogP contribution in [0.2, 0.25) is 0 Å². The predicted molar refractivity (Wildman–Crippen MR) is 82.6 cm³/mol. The highest BCUT2D eigenvalue weighted by atomic mass is 16.1. The number of para-hydroxylation sites is 1. The monoisotopic (exact) mass is 280 g/mol. The average molecular weight is 280 g/mol. The lowest BCUT2D eigenvalue weighted by molar-refractivity contribution is -0.117. The van der Waals surface area contributed by atoms with Gasteiger partial charge in [-0.3, -0.25) is 9.48 Å². The molecule has 0 aliphatic heterocycles. The first-order valence-corrected chi connectivity index (χ1v) is 6.70. The van der Waals surface area contributed by atoms with Crippen LogP contribution in [0, 0.1) is 0 Å². The third-order valence-electron chi connectivity index (χ3n) is 3.39. The summed E-state index contributed by atoms with van der Waals surface area (Å²) in [4.78, 5) is 11.2. The Labute approximate surface area is 122 Å². The van der Waals surface area contributed by atoms with Crippen LogP contribution < -0.4 is 11.5 Å². The highest BCUT2D eigenvalue weighted by Crippen LogP contribution is 2.20. The van der Waals surface area contributed by atoms with Crippen LogP contribution in [-0.2, 0) is 17.8 Å². The third kappa shape index (κ3) is 2.72. The fourth-order valence-electron chi connectivity index (χ4n) is 2.41. The van der Waals surface area contributed by atoms with E-state index in [1.54, 1.807) is 0 Å². The molecule has 21 heavy (non-hydrogen) atoms. The van der Waals surface area contributed by atoms with E-state index in [2.05, 4.69) is 5.10 Å². The quantitative estimate of drug-likeness (QED) is 0.713. The van der Waals surface area contributed by atoms with Crippen LogP contribution in [0.5, 0.6) is 0 Å². The van der Waals surface area contributed by atoms with Gasteiger partial charge in [-0.25, -0.2) is 0 Å². The number of nitrogen functional groups attached to an aromatic ring is 1. The Balaban J connectivity index is 2.01. The van der Waals surface area contributed by atoms with Crippen LogP contribution in [0.1, 0.15) is 11.3 Å². The molecule has 0 radical (unpaired) electrons. The first-order valence-electron chi connectivity index (χ1n) is 6.70. The molecule has 0 spiro atoms. The van der Waals surface area contributed by atoms with Crippen molar-refractivity contribution in [2.24, 2.45) is 5.73 Å². The van der Waals surface area contributed by atoms with Crippen LogP contribution in [0.3, 0.4) is 0 Å². The number of nitrogens with two attached hydrogens (primary N) is 2. The average Bonchev–Trinajstić information content (AvgIpc) is 2.79. The summed E-state index contributed by atoms with van der Waals surface area (Å²) in [5, 5.41) is 5.50. The first kappa shape index (κ1) is 13.2. The number of rotatable bonds is 4. The maximum Gasteiger partial charge on any atom is 0.223 e. The van der Waals surface area contributed by atoms with E-state index in [4.69, 9.17) is 11.5 Å². The maximum absolute atomic E-state index is 11.2. The minimum atomic E-state index is -0.377. The Hall–Kier alpha value is -2.82. The standard InChI is InChI=1S/C16H16N4O/c17-12-7-5-11(6-8-12)10-20-15-4-2-1-3-13(15)14(19-20)9-16(18)21/h1-8H,9-10,17H2,(H2,18,21). The van der Waals surface area contributed by atoms with Crippen molar-refractivity contribution in [1.29, 1.82) is 0 Å². The van der Waals surface area contributed by atoms with Gasteiger partial charge in [0.05, 0.1) is 24.2 Å². The Kier molecular flexibility index (Phi) is 3.31. The maximum atomic E-state index is 11.2. The summed E-state index contributed by atoms with van der Waals surface area (Å²) in [7, 11) is 0. The number of carbonyl (C=O) groups is 1. The van der Waals surface area contributed by atoms with Crippen molar-refractivity contribution in [2.75, 3.05) is 5.73 Å². The highest BCUT2D eigenvalue weighted by Gasteiger charge is 2.12. The molecule has 3 rings (SSSR count). The zero-order chi connectivity index (χ0) is 14.8. The molecule has 1 aromatic heterocycles. The molecule has 0 aliphatic rings. The molecule has 106 valence electrons. The first-order chi connectivity index (χ1) is 10.1. The van der Waals surface area contributed by atoms with Gasteiger partial charge in [0.25, 0.3) is 0 Å². The number of amides is 1. The summed E-state index contributed by atoms with van der Waals surface area (Å²) < 4.78 is 1.89. The number of hydrogen-bond donors (Lipinski definition) is 2. The van der Waals surface area contributed by atoms with E-state index in [0.717, 1.165) is 22.2 Å². The van der Waals surface area contributed by atoms with Gasteiger partial charge in [0.2, 0.25) is 5.91 Å². The van der Waals surface area contributed by atoms with Crippen molar-refractivity contribution in [3.05, 3.63) is 59.8 Å². The van der Waals surface area contributed by atoms with Crippen molar-refractivity contribution in [3.63, 3.8) is 0 Å². The van der Waals surface area contributed by atoms with E-state index < -0.39 is 0 Å². The Morgan fingerprint density at radius 2 is 1.81 bits per heavy atom. The second kappa shape index (κ2) is 5.28. The third-order valence-corrected chi connectivity index (χ3v) is 3.39. The van der Waals surface area contributed by atoms with Crippen molar-refractivity contribution in [3.8, 4) is 0 Å². The van der Waals surface area contributed by atoms with Gasteiger partial charge >= 0.3 is 0 Å². The smallest absolute Gasteiger partial charge is 0.223 e. The summed E-state index contributed by atoms with van der Waals surface area (Å²) in [5.41, 5.74) is 14.5. The molecule has 0 atom stereocenters. The molecule has 0 saturated carbocycles. The predicted octanol–water partition coefficient (Wildman–Crippen LogP) is 1.69. The molecule has 1 heterocycles. The number of primary amides is 1. The van der Waals surface area contributed by atoms with Crippen molar-refractivity contribution >= 4 is 22.5 Å².